The summed E-state index contributed by atoms with van der Waals surface area (Å²) >= 11 is 0. The molecule has 1 heterocycles. The lowest BCUT2D eigenvalue weighted by atomic mass is 9.84. The van der Waals surface area contributed by atoms with E-state index in [2.05, 4.69) is 5.32 Å². The van der Waals surface area contributed by atoms with Gasteiger partial charge in [0.15, 0.2) is 0 Å². The van der Waals surface area contributed by atoms with Crippen LogP contribution in [0.25, 0.3) is 0 Å². The monoisotopic (exact) mass is 259 g/mol. The molecule has 3 heteroatoms. The maximum atomic E-state index is 13.4. The number of hydrogen-bond acceptors (Lipinski definition) is 1. The minimum atomic E-state index is -0.372. The van der Waals surface area contributed by atoms with Crippen molar-refractivity contribution in [1.82, 2.24) is 5.32 Å². The Kier molecular flexibility index (Phi) is 2.51. The van der Waals surface area contributed by atoms with Crippen molar-refractivity contribution in [2.45, 2.75) is 24.9 Å². The summed E-state index contributed by atoms with van der Waals surface area (Å²) in [5.41, 5.74) is 1.00. The molecular weight excluding hydrogens is 244 g/mol. The summed E-state index contributed by atoms with van der Waals surface area (Å²) in [7, 11) is 0. The second-order valence-corrected chi connectivity index (χ2v) is 5.40. The molecular formula is C16H15F2N. The third-order valence-corrected chi connectivity index (χ3v) is 4.24. The molecule has 1 saturated heterocycles. The van der Waals surface area contributed by atoms with Crippen molar-refractivity contribution in [3.63, 3.8) is 0 Å². The van der Waals surface area contributed by atoms with E-state index in [-0.39, 0.29) is 22.7 Å². The average Bonchev–Trinajstić information content (AvgIpc) is 2.95. The van der Waals surface area contributed by atoms with Crippen molar-refractivity contribution in [2.24, 2.45) is 0 Å². The van der Waals surface area contributed by atoms with E-state index in [1.807, 2.05) is 26.0 Å². The topological polar surface area (TPSA) is 21.9 Å². The minimum absolute atomic E-state index is 0.256. The van der Waals surface area contributed by atoms with Crippen LogP contribution in [0.5, 0.6) is 0 Å². The summed E-state index contributed by atoms with van der Waals surface area (Å²) in [5, 5.41) is 3.38. The molecule has 0 bridgehead atoms. The molecule has 0 aliphatic carbocycles. The molecule has 2 aromatic carbocycles. The summed E-state index contributed by atoms with van der Waals surface area (Å²) in [6, 6.07) is 13.1. The van der Waals surface area contributed by atoms with Gasteiger partial charge in [0.25, 0.3) is 0 Å². The van der Waals surface area contributed by atoms with Crippen LogP contribution in [0, 0.1) is 11.6 Å². The quantitative estimate of drug-likeness (QED) is 0.816. The molecule has 0 aromatic heterocycles. The van der Waals surface area contributed by atoms with Gasteiger partial charge in [0, 0.05) is 0 Å². The molecule has 1 N–H and O–H groups in total. The van der Waals surface area contributed by atoms with Crippen LogP contribution in [0.15, 0.2) is 48.5 Å². The van der Waals surface area contributed by atoms with Crippen LogP contribution < -0.4 is 5.32 Å². The zero-order valence-corrected chi connectivity index (χ0v) is 10.9. The van der Waals surface area contributed by atoms with Crippen LogP contribution >= 0.6 is 0 Å². The Morgan fingerprint density at radius 3 is 1.58 bits per heavy atom. The van der Waals surface area contributed by atoms with Crippen LogP contribution in [-0.4, -0.2) is 0 Å². The summed E-state index contributed by atoms with van der Waals surface area (Å²) < 4.78 is 26.7. The first-order valence-corrected chi connectivity index (χ1v) is 6.27. The maximum absolute atomic E-state index is 13.4. The lowest BCUT2D eigenvalue weighted by molar-refractivity contribution is 0.586. The molecule has 1 nitrogen and oxygen atoms in total. The maximum Gasteiger partial charge on any atom is 0.123 e. The predicted molar refractivity (Wildman–Crippen MR) is 70.6 cm³/mol. The molecule has 2 aromatic rings. The number of nitrogens with one attached hydrogen (secondary N) is 1. The van der Waals surface area contributed by atoms with Crippen LogP contribution in [-0.2, 0) is 11.1 Å². The van der Waals surface area contributed by atoms with Crippen LogP contribution in [0.2, 0.25) is 0 Å². The van der Waals surface area contributed by atoms with Crippen molar-refractivity contribution in [1.29, 1.82) is 0 Å². The van der Waals surface area contributed by atoms with Crippen LogP contribution in [0.4, 0.5) is 8.78 Å². The number of benzene rings is 2. The highest BCUT2D eigenvalue weighted by Crippen LogP contribution is 2.53. The number of rotatable bonds is 2. The van der Waals surface area contributed by atoms with E-state index in [0.717, 1.165) is 11.1 Å². The van der Waals surface area contributed by atoms with E-state index in [4.69, 9.17) is 0 Å². The first kappa shape index (κ1) is 12.3. The van der Waals surface area contributed by atoms with Gasteiger partial charge in [-0.25, -0.2) is 8.78 Å². The molecule has 19 heavy (non-hydrogen) atoms. The smallest absolute Gasteiger partial charge is 0.123 e. The SMILES string of the molecule is CC1(c2cccc(F)c2)NC1(C)c1cccc(F)c1. The molecule has 0 radical (unpaired) electrons. The number of halogens is 2. The van der Waals surface area contributed by atoms with Crippen LogP contribution in [0.3, 0.4) is 0 Å². The summed E-state index contributed by atoms with van der Waals surface area (Å²) in [4.78, 5) is 0. The van der Waals surface area contributed by atoms with Crippen LogP contribution in [0.1, 0.15) is 25.0 Å². The average molecular weight is 259 g/mol. The fourth-order valence-corrected chi connectivity index (χ4v) is 2.79. The van der Waals surface area contributed by atoms with E-state index < -0.39 is 0 Å². The molecule has 1 aliphatic rings. The Hall–Kier alpha value is -1.74. The minimum Gasteiger partial charge on any atom is -0.295 e. The van der Waals surface area contributed by atoms with Gasteiger partial charge in [-0.05, 0) is 49.2 Å². The standard InChI is InChI=1S/C16H15F2N/c1-15(11-5-3-7-13(17)9-11)16(2,19-15)12-6-4-8-14(18)10-12/h3-10,19H,1-2H3. The van der Waals surface area contributed by atoms with Crippen molar-refractivity contribution in [2.75, 3.05) is 0 Å². The Balaban J connectivity index is 2.02. The Morgan fingerprint density at radius 1 is 0.789 bits per heavy atom. The van der Waals surface area contributed by atoms with Crippen molar-refractivity contribution >= 4 is 0 Å². The van der Waals surface area contributed by atoms with Gasteiger partial charge in [0.05, 0.1) is 11.1 Å². The molecule has 2 atom stereocenters. The molecule has 1 aliphatic heterocycles. The Morgan fingerprint density at radius 2 is 1.21 bits per heavy atom. The number of hydrogen-bond donors (Lipinski definition) is 1. The molecule has 0 saturated carbocycles. The molecule has 1 fully saturated rings. The summed E-state index contributed by atoms with van der Waals surface area (Å²) in [6.45, 7) is 4.01. The van der Waals surface area contributed by atoms with Gasteiger partial charge in [-0.15, -0.1) is 0 Å². The van der Waals surface area contributed by atoms with Crippen molar-refractivity contribution < 1.29 is 8.78 Å². The first-order chi connectivity index (χ1) is 8.96. The predicted octanol–water partition coefficient (Wildman–Crippen LogP) is 3.70. The van der Waals surface area contributed by atoms with Crippen molar-refractivity contribution in [3.8, 4) is 0 Å². The largest absolute Gasteiger partial charge is 0.295 e. The van der Waals surface area contributed by atoms with Gasteiger partial charge < -0.3 is 0 Å². The van der Waals surface area contributed by atoms with Gasteiger partial charge in [0.1, 0.15) is 11.6 Å². The molecule has 0 spiro atoms. The van der Waals surface area contributed by atoms with E-state index in [0.29, 0.717) is 0 Å². The summed E-state index contributed by atoms with van der Waals surface area (Å²) in [6.07, 6.45) is 0. The third kappa shape index (κ3) is 1.77. The fourth-order valence-electron chi connectivity index (χ4n) is 2.79. The fraction of sp³-hybridized carbons (Fsp3) is 0.250. The first-order valence-electron chi connectivity index (χ1n) is 6.27. The highest BCUT2D eigenvalue weighted by molar-refractivity contribution is 5.45. The highest BCUT2D eigenvalue weighted by atomic mass is 19.1. The zero-order valence-electron chi connectivity index (χ0n) is 10.9. The lowest BCUT2D eigenvalue weighted by Crippen LogP contribution is -2.16. The zero-order chi connectivity index (χ0) is 13.7. The second kappa shape index (κ2) is 3.87. The van der Waals surface area contributed by atoms with Gasteiger partial charge in [-0.3, -0.25) is 5.32 Å². The lowest BCUT2D eigenvalue weighted by Gasteiger charge is -2.16. The van der Waals surface area contributed by atoms with E-state index in [1.54, 1.807) is 12.1 Å². The molecule has 98 valence electrons. The van der Waals surface area contributed by atoms with E-state index in [1.165, 1.54) is 24.3 Å². The Labute approximate surface area is 111 Å². The van der Waals surface area contributed by atoms with E-state index >= 15 is 0 Å². The van der Waals surface area contributed by atoms with Crippen molar-refractivity contribution in [3.05, 3.63) is 71.3 Å². The summed E-state index contributed by atoms with van der Waals surface area (Å²) in [5.74, 6) is -0.511. The van der Waals surface area contributed by atoms with Gasteiger partial charge in [-0.2, -0.15) is 0 Å². The van der Waals surface area contributed by atoms with Gasteiger partial charge in [-0.1, -0.05) is 24.3 Å². The molecule has 3 rings (SSSR count). The normalized spacial score (nSPS) is 29.3. The second-order valence-electron chi connectivity index (χ2n) is 5.40. The molecule has 0 amide bonds. The van der Waals surface area contributed by atoms with Gasteiger partial charge >= 0.3 is 0 Å². The Bertz CT molecular complexity index is 585. The van der Waals surface area contributed by atoms with Gasteiger partial charge in [0.2, 0.25) is 0 Å². The third-order valence-electron chi connectivity index (χ3n) is 4.24. The van der Waals surface area contributed by atoms with E-state index in [9.17, 15) is 8.78 Å². The highest BCUT2D eigenvalue weighted by Gasteiger charge is 2.62. The molecule has 2 unspecified atom stereocenters.